The third kappa shape index (κ3) is 3.92. The van der Waals surface area contributed by atoms with Crippen molar-refractivity contribution in [1.82, 2.24) is 14.9 Å². The number of carbonyl (C=O) groups is 1. The van der Waals surface area contributed by atoms with E-state index in [-0.39, 0.29) is 23.6 Å². The van der Waals surface area contributed by atoms with Crippen LogP contribution in [-0.4, -0.2) is 22.0 Å². The van der Waals surface area contributed by atoms with Gasteiger partial charge < -0.3 is 9.73 Å². The Morgan fingerprint density at radius 1 is 1.14 bits per heavy atom. The van der Waals surface area contributed by atoms with E-state index >= 15 is 0 Å². The highest BCUT2D eigenvalue weighted by Crippen LogP contribution is 2.24. The Kier molecular flexibility index (Phi) is 5.16. The molecule has 0 aliphatic heterocycles. The van der Waals surface area contributed by atoms with Crippen LogP contribution in [-0.2, 0) is 17.8 Å². The van der Waals surface area contributed by atoms with Crippen LogP contribution in [0.25, 0.3) is 22.1 Å². The van der Waals surface area contributed by atoms with E-state index < -0.39 is 0 Å². The van der Waals surface area contributed by atoms with E-state index in [1.165, 1.54) is 16.5 Å². The maximum absolute atomic E-state index is 12.7. The van der Waals surface area contributed by atoms with Crippen molar-refractivity contribution in [2.75, 3.05) is 6.54 Å². The van der Waals surface area contributed by atoms with Crippen molar-refractivity contribution >= 4 is 28.0 Å². The van der Waals surface area contributed by atoms with E-state index in [9.17, 15) is 9.59 Å². The minimum Gasteiger partial charge on any atom is -0.448 e. The summed E-state index contributed by atoms with van der Waals surface area (Å²) in [5, 5.41) is 3.65. The topological polar surface area (TPSA) is 77.1 Å². The molecule has 2 aromatic heterocycles. The second kappa shape index (κ2) is 7.91. The van der Waals surface area contributed by atoms with Gasteiger partial charge in [0.25, 0.3) is 5.56 Å². The first kappa shape index (κ1) is 18.9. The average molecular weight is 389 g/mol. The SMILES string of the molecule is CC(C)c1ccc(CCNC(=O)Cn2cnc3c(oc4ccccc43)c2=O)cc1. The summed E-state index contributed by atoms with van der Waals surface area (Å²) in [5.74, 6) is 0.267. The lowest BCUT2D eigenvalue weighted by Gasteiger charge is -2.09. The molecule has 0 fully saturated rings. The lowest BCUT2D eigenvalue weighted by molar-refractivity contribution is -0.121. The van der Waals surface area contributed by atoms with Crippen LogP contribution in [0.1, 0.15) is 30.9 Å². The van der Waals surface area contributed by atoms with E-state index in [4.69, 9.17) is 4.42 Å². The minimum absolute atomic E-state index is 0.0922. The second-order valence-electron chi connectivity index (χ2n) is 7.45. The van der Waals surface area contributed by atoms with Crippen molar-refractivity contribution in [3.05, 3.63) is 76.3 Å². The molecule has 0 aliphatic carbocycles. The standard InChI is InChI=1S/C23H23N3O3/c1-15(2)17-9-7-16(8-10-17)11-12-24-20(27)13-26-14-25-21-18-5-3-4-6-19(18)29-22(21)23(26)28/h3-10,14-15H,11-13H2,1-2H3,(H,24,27). The largest absolute Gasteiger partial charge is 0.448 e. The van der Waals surface area contributed by atoms with E-state index in [1.54, 1.807) is 6.07 Å². The first-order valence-corrected chi connectivity index (χ1v) is 9.75. The van der Waals surface area contributed by atoms with Crippen molar-refractivity contribution in [2.24, 2.45) is 0 Å². The molecule has 148 valence electrons. The summed E-state index contributed by atoms with van der Waals surface area (Å²) in [6, 6.07) is 15.8. The fourth-order valence-corrected chi connectivity index (χ4v) is 3.35. The molecule has 0 unspecified atom stereocenters. The molecule has 4 rings (SSSR count). The van der Waals surface area contributed by atoms with Crippen LogP contribution in [0.3, 0.4) is 0 Å². The molecule has 1 amide bonds. The maximum atomic E-state index is 12.7. The van der Waals surface area contributed by atoms with Crippen molar-refractivity contribution in [3.8, 4) is 0 Å². The fraction of sp³-hybridized carbons (Fsp3) is 0.261. The Morgan fingerprint density at radius 3 is 2.66 bits per heavy atom. The number of hydrogen-bond donors (Lipinski definition) is 1. The summed E-state index contributed by atoms with van der Waals surface area (Å²) >= 11 is 0. The molecular weight excluding hydrogens is 366 g/mol. The van der Waals surface area contributed by atoms with E-state index in [0.717, 1.165) is 17.4 Å². The van der Waals surface area contributed by atoms with Crippen LogP contribution in [0.2, 0.25) is 0 Å². The summed E-state index contributed by atoms with van der Waals surface area (Å²) in [6.45, 7) is 4.74. The van der Waals surface area contributed by atoms with Crippen molar-refractivity contribution < 1.29 is 9.21 Å². The molecule has 0 spiro atoms. The number of furan rings is 1. The second-order valence-corrected chi connectivity index (χ2v) is 7.45. The van der Waals surface area contributed by atoms with Gasteiger partial charge in [-0.1, -0.05) is 50.2 Å². The first-order chi connectivity index (χ1) is 14.0. The highest BCUT2D eigenvalue weighted by molar-refractivity contribution is 6.01. The quantitative estimate of drug-likeness (QED) is 0.546. The number of aromatic nitrogens is 2. The number of amides is 1. The third-order valence-corrected chi connectivity index (χ3v) is 5.05. The number of nitrogens with one attached hydrogen (secondary N) is 1. The van der Waals surface area contributed by atoms with Crippen LogP contribution >= 0.6 is 0 Å². The zero-order valence-electron chi connectivity index (χ0n) is 16.5. The van der Waals surface area contributed by atoms with Crippen LogP contribution < -0.4 is 10.9 Å². The maximum Gasteiger partial charge on any atom is 0.297 e. The molecule has 0 saturated carbocycles. The smallest absolute Gasteiger partial charge is 0.297 e. The van der Waals surface area contributed by atoms with Gasteiger partial charge in [-0.3, -0.25) is 14.2 Å². The zero-order chi connectivity index (χ0) is 20.4. The van der Waals surface area contributed by atoms with Gasteiger partial charge in [0.2, 0.25) is 11.5 Å². The number of carbonyl (C=O) groups excluding carboxylic acids is 1. The van der Waals surface area contributed by atoms with Gasteiger partial charge in [-0.15, -0.1) is 0 Å². The molecule has 2 aromatic carbocycles. The van der Waals surface area contributed by atoms with Gasteiger partial charge in [0.1, 0.15) is 17.6 Å². The summed E-state index contributed by atoms with van der Waals surface area (Å²) in [6.07, 6.45) is 2.14. The Balaban J connectivity index is 1.40. The van der Waals surface area contributed by atoms with Gasteiger partial charge in [-0.2, -0.15) is 0 Å². The predicted octanol–water partition coefficient (Wildman–Crippen LogP) is 3.63. The highest BCUT2D eigenvalue weighted by Gasteiger charge is 2.14. The zero-order valence-corrected chi connectivity index (χ0v) is 16.5. The first-order valence-electron chi connectivity index (χ1n) is 9.75. The number of para-hydroxylation sites is 1. The minimum atomic E-state index is -0.356. The molecule has 0 atom stereocenters. The van der Waals surface area contributed by atoms with Crippen molar-refractivity contribution in [2.45, 2.75) is 32.7 Å². The molecule has 6 nitrogen and oxygen atoms in total. The summed E-state index contributed by atoms with van der Waals surface area (Å²) in [4.78, 5) is 29.3. The average Bonchev–Trinajstić information content (AvgIpc) is 3.10. The summed E-state index contributed by atoms with van der Waals surface area (Å²) in [5.41, 5.74) is 3.41. The normalized spacial score (nSPS) is 11.4. The molecule has 29 heavy (non-hydrogen) atoms. The van der Waals surface area contributed by atoms with Crippen LogP contribution in [0.5, 0.6) is 0 Å². The van der Waals surface area contributed by atoms with Gasteiger partial charge in [-0.25, -0.2) is 4.98 Å². The lowest BCUT2D eigenvalue weighted by atomic mass is 10.0. The van der Waals surface area contributed by atoms with Crippen LogP contribution in [0.15, 0.2) is 64.1 Å². The van der Waals surface area contributed by atoms with E-state index in [1.807, 2.05) is 18.2 Å². The molecule has 2 heterocycles. The van der Waals surface area contributed by atoms with Crippen molar-refractivity contribution in [3.63, 3.8) is 0 Å². The van der Waals surface area contributed by atoms with Gasteiger partial charge in [-0.05, 0) is 35.6 Å². The molecule has 4 aromatic rings. The molecule has 6 heteroatoms. The molecule has 0 radical (unpaired) electrons. The number of nitrogens with zero attached hydrogens (tertiary/aromatic N) is 2. The number of rotatable bonds is 6. The van der Waals surface area contributed by atoms with Crippen molar-refractivity contribution in [1.29, 1.82) is 0 Å². The van der Waals surface area contributed by atoms with Crippen LogP contribution in [0.4, 0.5) is 0 Å². The van der Waals surface area contributed by atoms with Gasteiger partial charge in [0, 0.05) is 11.9 Å². The third-order valence-electron chi connectivity index (χ3n) is 5.05. The van der Waals surface area contributed by atoms with E-state index in [2.05, 4.69) is 48.4 Å². The molecule has 0 aliphatic rings. The van der Waals surface area contributed by atoms with Crippen LogP contribution in [0, 0.1) is 0 Å². The van der Waals surface area contributed by atoms with E-state index in [0.29, 0.717) is 23.6 Å². The van der Waals surface area contributed by atoms with Gasteiger partial charge in [0.05, 0.1) is 6.33 Å². The van der Waals surface area contributed by atoms with Gasteiger partial charge >= 0.3 is 0 Å². The fourth-order valence-electron chi connectivity index (χ4n) is 3.35. The number of benzene rings is 2. The Hall–Kier alpha value is -3.41. The number of fused-ring (bicyclic) bond motifs is 3. The predicted molar refractivity (Wildman–Crippen MR) is 113 cm³/mol. The molecular formula is C23H23N3O3. The Morgan fingerprint density at radius 2 is 1.90 bits per heavy atom. The monoisotopic (exact) mass is 389 g/mol. The number of hydrogen-bond acceptors (Lipinski definition) is 4. The molecule has 1 N–H and O–H groups in total. The summed E-state index contributed by atoms with van der Waals surface area (Å²) in [7, 11) is 0. The Labute approximate surface area is 168 Å². The molecule has 0 bridgehead atoms. The highest BCUT2D eigenvalue weighted by atomic mass is 16.3. The lowest BCUT2D eigenvalue weighted by Crippen LogP contribution is -2.33. The summed E-state index contributed by atoms with van der Waals surface area (Å²) < 4.78 is 6.92. The molecule has 0 saturated heterocycles. The Bertz CT molecular complexity index is 1220. The van der Waals surface area contributed by atoms with Gasteiger partial charge in [0.15, 0.2) is 0 Å².